The molecule has 0 spiro atoms. The normalized spacial score (nSPS) is 11.3. The van der Waals surface area contributed by atoms with Crippen molar-refractivity contribution in [3.63, 3.8) is 0 Å². The first kappa shape index (κ1) is 26.9. The SMILES string of the molecule is CCCN(CC(=O)Nc1cc(C(C)(C)C)nn1-c1ccccc1Cl)C(=O)Nc1ccc(Cl)c(Cl)c1. The summed E-state index contributed by atoms with van der Waals surface area (Å²) in [6.07, 6.45) is 0.674. The van der Waals surface area contributed by atoms with Gasteiger partial charge in [0.25, 0.3) is 0 Å². The van der Waals surface area contributed by atoms with Crippen LogP contribution in [-0.2, 0) is 10.2 Å². The summed E-state index contributed by atoms with van der Waals surface area (Å²) in [7, 11) is 0. The van der Waals surface area contributed by atoms with Crippen LogP contribution in [0.15, 0.2) is 48.5 Å². The van der Waals surface area contributed by atoms with E-state index in [1.54, 1.807) is 28.9 Å². The fourth-order valence-electron chi connectivity index (χ4n) is 3.30. The average Bonchev–Trinajstić information content (AvgIpc) is 3.20. The number of amides is 3. The van der Waals surface area contributed by atoms with Gasteiger partial charge < -0.3 is 15.5 Å². The van der Waals surface area contributed by atoms with E-state index in [1.165, 1.54) is 4.90 Å². The summed E-state index contributed by atoms with van der Waals surface area (Å²) < 4.78 is 1.61. The van der Waals surface area contributed by atoms with Gasteiger partial charge in [0, 0.05) is 23.7 Å². The van der Waals surface area contributed by atoms with Gasteiger partial charge >= 0.3 is 6.03 Å². The molecule has 0 aliphatic heterocycles. The first-order valence-electron chi connectivity index (χ1n) is 11.2. The standard InChI is InChI=1S/C25H28Cl3N5O2/c1-5-12-32(24(35)29-16-10-11-17(26)19(28)13-16)15-23(34)30-22-14-21(25(2,3)4)31-33(22)20-9-7-6-8-18(20)27/h6-11,13-14H,5,12,15H2,1-4H3,(H,29,35)(H,30,34). The number of nitrogens with zero attached hydrogens (tertiary/aromatic N) is 3. The van der Waals surface area contributed by atoms with E-state index in [-0.39, 0.29) is 17.9 Å². The number of nitrogens with one attached hydrogen (secondary N) is 2. The van der Waals surface area contributed by atoms with E-state index in [9.17, 15) is 9.59 Å². The number of carbonyl (C=O) groups excluding carboxylic acids is 2. The summed E-state index contributed by atoms with van der Waals surface area (Å²) in [4.78, 5) is 27.3. The van der Waals surface area contributed by atoms with Gasteiger partial charge in [-0.05, 0) is 36.8 Å². The summed E-state index contributed by atoms with van der Waals surface area (Å²) in [6.45, 7) is 8.27. The summed E-state index contributed by atoms with van der Waals surface area (Å²) >= 11 is 18.4. The first-order valence-corrected chi connectivity index (χ1v) is 12.3. The summed E-state index contributed by atoms with van der Waals surface area (Å²) in [5.74, 6) is 0.103. The Kier molecular flexibility index (Phi) is 8.70. The molecule has 3 aromatic rings. The molecule has 0 fully saturated rings. The van der Waals surface area contributed by atoms with Crippen molar-refractivity contribution in [1.82, 2.24) is 14.7 Å². The first-order chi connectivity index (χ1) is 16.5. The highest BCUT2D eigenvalue weighted by molar-refractivity contribution is 6.42. The average molecular weight is 537 g/mol. The number of aromatic nitrogens is 2. The zero-order valence-corrected chi connectivity index (χ0v) is 22.3. The van der Waals surface area contributed by atoms with Crippen LogP contribution in [0.5, 0.6) is 0 Å². The summed E-state index contributed by atoms with van der Waals surface area (Å²) in [5, 5.41) is 11.6. The highest BCUT2D eigenvalue weighted by Gasteiger charge is 2.23. The predicted octanol–water partition coefficient (Wildman–Crippen LogP) is 7.01. The van der Waals surface area contributed by atoms with Crippen LogP contribution in [0.3, 0.4) is 0 Å². The second-order valence-electron chi connectivity index (χ2n) is 9.06. The molecule has 0 saturated carbocycles. The molecule has 3 rings (SSSR count). The van der Waals surface area contributed by atoms with Gasteiger partial charge in [-0.1, -0.05) is 74.6 Å². The molecule has 0 bridgehead atoms. The number of rotatable bonds is 7. The van der Waals surface area contributed by atoms with Gasteiger partial charge in [0.05, 0.1) is 26.4 Å². The van der Waals surface area contributed by atoms with Crippen molar-refractivity contribution >= 4 is 58.2 Å². The van der Waals surface area contributed by atoms with Crippen molar-refractivity contribution in [3.05, 3.63) is 69.3 Å². The number of halogens is 3. The summed E-state index contributed by atoms with van der Waals surface area (Å²) in [6, 6.07) is 13.5. The van der Waals surface area contributed by atoms with Crippen LogP contribution in [0.4, 0.5) is 16.3 Å². The molecular formula is C25H28Cl3N5O2. The number of para-hydroxylation sites is 1. The largest absolute Gasteiger partial charge is 0.322 e. The zero-order valence-electron chi connectivity index (χ0n) is 20.0. The van der Waals surface area contributed by atoms with Crippen LogP contribution in [0.1, 0.15) is 39.8 Å². The smallest absolute Gasteiger partial charge is 0.315 e. The van der Waals surface area contributed by atoms with Gasteiger partial charge in [0.2, 0.25) is 5.91 Å². The molecule has 10 heteroatoms. The maximum atomic E-state index is 13.0. The highest BCUT2D eigenvalue weighted by Crippen LogP contribution is 2.29. The van der Waals surface area contributed by atoms with Crippen LogP contribution in [0.25, 0.3) is 5.69 Å². The molecule has 1 aromatic heterocycles. The zero-order chi connectivity index (χ0) is 25.8. The van der Waals surface area contributed by atoms with Gasteiger partial charge in [-0.2, -0.15) is 5.10 Å². The van der Waals surface area contributed by atoms with Crippen molar-refractivity contribution < 1.29 is 9.59 Å². The highest BCUT2D eigenvalue weighted by atomic mass is 35.5. The molecule has 35 heavy (non-hydrogen) atoms. The second kappa shape index (κ2) is 11.3. The lowest BCUT2D eigenvalue weighted by Crippen LogP contribution is -2.41. The third-order valence-electron chi connectivity index (χ3n) is 5.11. The fraction of sp³-hybridized carbons (Fsp3) is 0.320. The Bertz CT molecular complexity index is 1220. The van der Waals surface area contributed by atoms with E-state index in [4.69, 9.17) is 34.8 Å². The molecule has 0 aliphatic carbocycles. The minimum Gasteiger partial charge on any atom is -0.315 e. The lowest BCUT2D eigenvalue weighted by Gasteiger charge is -2.22. The van der Waals surface area contributed by atoms with Gasteiger partial charge in [-0.3, -0.25) is 4.79 Å². The maximum absolute atomic E-state index is 13.0. The minimum atomic E-state index is -0.421. The van der Waals surface area contributed by atoms with Crippen molar-refractivity contribution in [1.29, 1.82) is 0 Å². The van der Waals surface area contributed by atoms with E-state index in [0.29, 0.717) is 45.2 Å². The maximum Gasteiger partial charge on any atom is 0.322 e. The second-order valence-corrected chi connectivity index (χ2v) is 10.3. The Morgan fingerprint density at radius 3 is 2.31 bits per heavy atom. The lowest BCUT2D eigenvalue weighted by atomic mass is 9.92. The van der Waals surface area contributed by atoms with Gasteiger partial charge in [0.15, 0.2) is 0 Å². The van der Waals surface area contributed by atoms with E-state index < -0.39 is 6.03 Å². The van der Waals surface area contributed by atoms with E-state index in [1.807, 2.05) is 52.0 Å². The van der Waals surface area contributed by atoms with Gasteiger partial charge in [0.1, 0.15) is 12.4 Å². The van der Waals surface area contributed by atoms with E-state index in [2.05, 4.69) is 15.7 Å². The van der Waals surface area contributed by atoms with Crippen molar-refractivity contribution in [2.45, 2.75) is 39.5 Å². The fourth-order valence-corrected chi connectivity index (χ4v) is 3.81. The van der Waals surface area contributed by atoms with Crippen LogP contribution in [-0.4, -0.2) is 39.7 Å². The molecule has 0 aliphatic rings. The molecule has 2 aromatic carbocycles. The number of urea groups is 1. The Morgan fingerprint density at radius 1 is 0.971 bits per heavy atom. The number of hydrogen-bond acceptors (Lipinski definition) is 3. The predicted molar refractivity (Wildman–Crippen MR) is 143 cm³/mol. The number of carbonyl (C=O) groups is 2. The molecule has 186 valence electrons. The molecule has 0 saturated heterocycles. The monoisotopic (exact) mass is 535 g/mol. The van der Waals surface area contributed by atoms with Crippen LogP contribution < -0.4 is 10.6 Å². The third-order valence-corrected chi connectivity index (χ3v) is 6.17. The third kappa shape index (κ3) is 6.90. The number of benzene rings is 2. The van der Waals surface area contributed by atoms with Gasteiger partial charge in [-0.25, -0.2) is 9.48 Å². The Labute approximate surface area is 220 Å². The molecule has 0 radical (unpaired) electrons. The Balaban J connectivity index is 1.80. The Morgan fingerprint density at radius 2 is 1.69 bits per heavy atom. The quantitative estimate of drug-likeness (QED) is 0.341. The van der Waals surface area contributed by atoms with E-state index in [0.717, 1.165) is 5.69 Å². The molecule has 0 atom stereocenters. The molecule has 2 N–H and O–H groups in total. The van der Waals surface area contributed by atoms with Crippen LogP contribution in [0.2, 0.25) is 15.1 Å². The molecule has 1 heterocycles. The van der Waals surface area contributed by atoms with Crippen molar-refractivity contribution in [2.24, 2.45) is 0 Å². The molecule has 7 nitrogen and oxygen atoms in total. The van der Waals surface area contributed by atoms with Crippen LogP contribution in [0, 0.1) is 0 Å². The van der Waals surface area contributed by atoms with Crippen molar-refractivity contribution in [2.75, 3.05) is 23.7 Å². The number of hydrogen-bond donors (Lipinski definition) is 2. The van der Waals surface area contributed by atoms with E-state index >= 15 is 0 Å². The molecule has 3 amide bonds. The van der Waals surface area contributed by atoms with Crippen molar-refractivity contribution in [3.8, 4) is 5.69 Å². The van der Waals surface area contributed by atoms with Gasteiger partial charge in [-0.15, -0.1) is 0 Å². The Hall–Kier alpha value is -2.74. The van der Waals surface area contributed by atoms with Crippen LogP contribution >= 0.6 is 34.8 Å². The summed E-state index contributed by atoms with van der Waals surface area (Å²) in [5.41, 5.74) is 1.66. The topological polar surface area (TPSA) is 79.3 Å². The number of anilines is 2. The minimum absolute atomic E-state index is 0.153. The molecular weight excluding hydrogens is 509 g/mol. The lowest BCUT2D eigenvalue weighted by molar-refractivity contribution is -0.116. The molecule has 0 unspecified atom stereocenters.